The Kier molecular flexibility index (Phi) is 4.85. The van der Waals surface area contributed by atoms with Gasteiger partial charge in [-0.1, -0.05) is 13.8 Å². The Morgan fingerprint density at radius 2 is 1.84 bits per heavy atom. The van der Waals surface area contributed by atoms with Gasteiger partial charge in [-0.15, -0.1) is 0 Å². The molecular formula is C15H29N3O. The Labute approximate surface area is 117 Å². The van der Waals surface area contributed by atoms with E-state index in [4.69, 9.17) is 5.73 Å². The zero-order valence-corrected chi connectivity index (χ0v) is 12.6. The van der Waals surface area contributed by atoms with Crippen LogP contribution in [0.1, 0.15) is 39.5 Å². The maximum atomic E-state index is 12.2. The molecule has 1 aliphatic carbocycles. The van der Waals surface area contributed by atoms with Crippen molar-refractivity contribution in [2.75, 3.05) is 26.7 Å². The normalized spacial score (nSPS) is 23.2. The molecule has 4 heteroatoms. The number of hydrogen-bond acceptors (Lipinski definition) is 3. The molecule has 2 N–H and O–H groups in total. The van der Waals surface area contributed by atoms with Gasteiger partial charge in [0.1, 0.15) is 0 Å². The lowest BCUT2D eigenvalue weighted by Crippen LogP contribution is -2.50. The first-order valence-electron chi connectivity index (χ1n) is 7.73. The molecule has 1 heterocycles. The maximum absolute atomic E-state index is 12.2. The molecule has 2 aliphatic rings. The van der Waals surface area contributed by atoms with Crippen LogP contribution in [0.3, 0.4) is 0 Å². The molecule has 19 heavy (non-hydrogen) atoms. The maximum Gasteiger partial charge on any atom is 0.239 e. The summed E-state index contributed by atoms with van der Waals surface area (Å²) in [5.74, 6) is 1.13. The predicted molar refractivity (Wildman–Crippen MR) is 77.8 cm³/mol. The van der Waals surface area contributed by atoms with Crippen molar-refractivity contribution in [3.63, 3.8) is 0 Å². The third kappa shape index (κ3) is 3.93. The fraction of sp³-hybridized carbons (Fsp3) is 0.933. The van der Waals surface area contributed by atoms with Crippen molar-refractivity contribution in [3.8, 4) is 0 Å². The zero-order chi connectivity index (χ0) is 14.0. The molecule has 0 aromatic carbocycles. The van der Waals surface area contributed by atoms with Crippen molar-refractivity contribution in [1.82, 2.24) is 9.80 Å². The first kappa shape index (κ1) is 14.8. The molecule has 1 saturated carbocycles. The number of nitrogens with zero attached hydrogens (tertiary/aromatic N) is 2. The predicted octanol–water partition coefficient (Wildman–Crippen LogP) is 1.30. The zero-order valence-electron chi connectivity index (χ0n) is 12.6. The minimum absolute atomic E-state index is 0.143. The van der Waals surface area contributed by atoms with Gasteiger partial charge in [0, 0.05) is 25.7 Å². The average Bonchev–Trinajstić information content (AvgIpc) is 3.22. The van der Waals surface area contributed by atoms with Crippen LogP contribution in [0, 0.1) is 11.8 Å². The lowest BCUT2D eigenvalue weighted by molar-refractivity contribution is -0.135. The van der Waals surface area contributed by atoms with Crippen LogP contribution in [0.15, 0.2) is 0 Å². The summed E-state index contributed by atoms with van der Waals surface area (Å²) < 4.78 is 0. The van der Waals surface area contributed by atoms with Crippen molar-refractivity contribution in [3.05, 3.63) is 0 Å². The van der Waals surface area contributed by atoms with Crippen LogP contribution in [-0.4, -0.2) is 54.5 Å². The summed E-state index contributed by atoms with van der Waals surface area (Å²) >= 11 is 0. The Morgan fingerprint density at radius 1 is 1.26 bits per heavy atom. The molecule has 1 amide bonds. The van der Waals surface area contributed by atoms with Gasteiger partial charge in [-0.2, -0.15) is 0 Å². The molecule has 2 fully saturated rings. The van der Waals surface area contributed by atoms with E-state index in [2.05, 4.69) is 11.9 Å². The standard InChI is InChI=1S/C15H29N3O/c1-11(2)14(16)15(19)18-8-6-12(7-9-18)10-17(3)13-4-5-13/h11-14H,4-10,16H2,1-3H3. The Morgan fingerprint density at radius 3 is 2.32 bits per heavy atom. The van der Waals surface area contributed by atoms with Crippen molar-refractivity contribution < 1.29 is 4.79 Å². The average molecular weight is 267 g/mol. The molecule has 2 rings (SSSR count). The molecule has 1 saturated heterocycles. The highest BCUT2D eigenvalue weighted by Gasteiger charge is 2.31. The molecule has 110 valence electrons. The van der Waals surface area contributed by atoms with E-state index in [-0.39, 0.29) is 17.9 Å². The van der Waals surface area contributed by atoms with Gasteiger partial charge in [0.15, 0.2) is 0 Å². The molecule has 0 aromatic rings. The summed E-state index contributed by atoms with van der Waals surface area (Å²) in [6.45, 7) is 7.01. The van der Waals surface area contributed by atoms with Crippen LogP contribution < -0.4 is 5.73 Å². The molecule has 0 bridgehead atoms. The van der Waals surface area contributed by atoms with Crippen LogP contribution in [0.5, 0.6) is 0 Å². The third-order valence-electron chi connectivity index (χ3n) is 4.65. The lowest BCUT2D eigenvalue weighted by atomic mass is 9.94. The highest BCUT2D eigenvalue weighted by atomic mass is 16.2. The van der Waals surface area contributed by atoms with E-state index in [0.717, 1.165) is 37.9 Å². The number of rotatable bonds is 5. The number of piperidine rings is 1. The molecule has 0 radical (unpaired) electrons. The number of hydrogen-bond donors (Lipinski definition) is 1. The van der Waals surface area contributed by atoms with Gasteiger partial charge in [-0.05, 0) is 44.6 Å². The van der Waals surface area contributed by atoms with E-state index in [1.54, 1.807) is 0 Å². The number of carbonyl (C=O) groups excluding carboxylic acids is 1. The van der Waals surface area contributed by atoms with Gasteiger partial charge in [-0.25, -0.2) is 0 Å². The SMILES string of the molecule is CC(C)C(N)C(=O)N1CCC(CN(C)C2CC2)CC1. The monoisotopic (exact) mass is 267 g/mol. The van der Waals surface area contributed by atoms with Crippen molar-refractivity contribution in [2.24, 2.45) is 17.6 Å². The van der Waals surface area contributed by atoms with Crippen LogP contribution in [0.2, 0.25) is 0 Å². The van der Waals surface area contributed by atoms with E-state index in [9.17, 15) is 4.79 Å². The van der Waals surface area contributed by atoms with Crippen LogP contribution >= 0.6 is 0 Å². The molecule has 1 aliphatic heterocycles. The van der Waals surface area contributed by atoms with Gasteiger partial charge in [0.25, 0.3) is 0 Å². The van der Waals surface area contributed by atoms with Crippen molar-refractivity contribution >= 4 is 5.91 Å². The van der Waals surface area contributed by atoms with Gasteiger partial charge in [0.2, 0.25) is 5.91 Å². The molecule has 1 atom stereocenters. The van der Waals surface area contributed by atoms with E-state index in [1.807, 2.05) is 18.7 Å². The summed E-state index contributed by atoms with van der Waals surface area (Å²) in [6, 6.07) is 0.514. The molecule has 4 nitrogen and oxygen atoms in total. The first-order valence-corrected chi connectivity index (χ1v) is 7.73. The van der Waals surface area contributed by atoms with E-state index in [1.165, 1.54) is 19.4 Å². The summed E-state index contributed by atoms with van der Waals surface area (Å²) in [7, 11) is 2.24. The summed E-state index contributed by atoms with van der Waals surface area (Å²) in [6.07, 6.45) is 5.01. The Hall–Kier alpha value is -0.610. The first-order chi connectivity index (χ1) is 8.99. The number of likely N-dealkylation sites (tertiary alicyclic amines) is 1. The fourth-order valence-corrected chi connectivity index (χ4v) is 2.90. The van der Waals surface area contributed by atoms with E-state index >= 15 is 0 Å². The Balaban J connectivity index is 1.73. The highest BCUT2D eigenvalue weighted by molar-refractivity contribution is 5.82. The third-order valence-corrected chi connectivity index (χ3v) is 4.65. The highest BCUT2D eigenvalue weighted by Crippen LogP contribution is 2.28. The number of nitrogens with two attached hydrogens (primary N) is 1. The van der Waals surface area contributed by atoms with Crippen LogP contribution in [-0.2, 0) is 4.79 Å². The lowest BCUT2D eigenvalue weighted by Gasteiger charge is -2.35. The fourth-order valence-electron chi connectivity index (χ4n) is 2.90. The quantitative estimate of drug-likeness (QED) is 0.817. The summed E-state index contributed by atoms with van der Waals surface area (Å²) in [5.41, 5.74) is 5.95. The van der Waals surface area contributed by atoms with E-state index < -0.39 is 0 Å². The summed E-state index contributed by atoms with van der Waals surface area (Å²) in [5, 5.41) is 0. The van der Waals surface area contributed by atoms with Crippen LogP contribution in [0.25, 0.3) is 0 Å². The van der Waals surface area contributed by atoms with Crippen molar-refractivity contribution in [2.45, 2.75) is 51.6 Å². The second kappa shape index (κ2) is 6.23. The van der Waals surface area contributed by atoms with E-state index in [0.29, 0.717) is 0 Å². The molecule has 0 aromatic heterocycles. The topological polar surface area (TPSA) is 49.6 Å². The molecule has 0 spiro atoms. The minimum Gasteiger partial charge on any atom is -0.341 e. The molecule has 1 unspecified atom stereocenters. The second-order valence-corrected chi connectivity index (χ2v) is 6.71. The van der Waals surface area contributed by atoms with Crippen LogP contribution in [0.4, 0.5) is 0 Å². The number of carbonyl (C=O) groups is 1. The smallest absolute Gasteiger partial charge is 0.239 e. The largest absolute Gasteiger partial charge is 0.341 e. The van der Waals surface area contributed by atoms with Gasteiger partial charge in [-0.3, -0.25) is 4.79 Å². The van der Waals surface area contributed by atoms with Crippen molar-refractivity contribution in [1.29, 1.82) is 0 Å². The second-order valence-electron chi connectivity index (χ2n) is 6.71. The Bertz CT molecular complexity index is 307. The van der Waals surface area contributed by atoms with Gasteiger partial charge < -0.3 is 15.5 Å². The minimum atomic E-state index is -0.328. The van der Waals surface area contributed by atoms with Gasteiger partial charge >= 0.3 is 0 Å². The molecular weight excluding hydrogens is 238 g/mol. The van der Waals surface area contributed by atoms with Gasteiger partial charge in [0.05, 0.1) is 6.04 Å². The summed E-state index contributed by atoms with van der Waals surface area (Å²) in [4.78, 5) is 16.6. The number of amides is 1.